The fourth-order valence-corrected chi connectivity index (χ4v) is 3.47. The van der Waals surface area contributed by atoms with Crippen molar-refractivity contribution in [1.82, 2.24) is 0 Å². The zero-order valence-corrected chi connectivity index (χ0v) is 20.6. The molecule has 1 N–H and O–H groups in total. The van der Waals surface area contributed by atoms with Crippen LogP contribution in [0, 0.1) is 21.4 Å². The number of nitro groups is 1. The molecule has 0 unspecified atom stereocenters. The first-order chi connectivity index (χ1) is 17.3. The lowest BCUT2D eigenvalue weighted by atomic mass is 10.1. The Morgan fingerprint density at radius 1 is 1.08 bits per heavy atom. The summed E-state index contributed by atoms with van der Waals surface area (Å²) < 4.78 is 16.5. The molecular weight excluding hydrogens is 509 g/mol. The molecule has 0 aliphatic carbocycles. The summed E-state index contributed by atoms with van der Waals surface area (Å²) in [5, 5.41) is 24.1. The predicted molar refractivity (Wildman–Crippen MR) is 136 cm³/mol. The standard InChI is InChI=1S/C25H19Cl2N3O6/c1-34-22-9-7-18(30(32)33)12-21(22)29-25(31)17(13-28)11-16-4-3-5-23(35-2)24(16)36-14-15-6-8-19(26)20(27)10-15/h3-12H,14H2,1-2H3,(H,29,31)/b17-11+. The molecule has 3 rings (SSSR count). The Hall–Kier alpha value is -4.26. The molecule has 3 aromatic carbocycles. The number of anilines is 1. The van der Waals surface area contributed by atoms with E-state index < -0.39 is 10.8 Å². The predicted octanol–water partition coefficient (Wildman–Crippen LogP) is 6.04. The number of nitro benzene ring substituents is 1. The molecule has 0 atom stereocenters. The van der Waals surface area contributed by atoms with Gasteiger partial charge in [0.25, 0.3) is 11.6 Å². The fraction of sp³-hybridized carbons (Fsp3) is 0.120. The van der Waals surface area contributed by atoms with Crippen molar-refractivity contribution in [3.05, 3.63) is 91.5 Å². The molecule has 3 aromatic rings. The molecule has 0 spiro atoms. The Kier molecular flexibility index (Phi) is 8.73. The van der Waals surface area contributed by atoms with Gasteiger partial charge in [-0.2, -0.15) is 5.26 Å². The number of para-hydroxylation sites is 1. The molecular formula is C25H19Cl2N3O6. The van der Waals surface area contributed by atoms with Gasteiger partial charge >= 0.3 is 0 Å². The zero-order valence-electron chi connectivity index (χ0n) is 19.1. The van der Waals surface area contributed by atoms with Gasteiger partial charge < -0.3 is 19.5 Å². The van der Waals surface area contributed by atoms with Crippen LogP contribution >= 0.6 is 23.2 Å². The van der Waals surface area contributed by atoms with Gasteiger partial charge in [-0.05, 0) is 35.9 Å². The number of amides is 1. The summed E-state index contributed by atoms with van der Waals surface area (Å²) in [6, 6.07) is 15.6. The normalized spacial score (nSPS) is 10.8. The minimum atomic E-state index is -0.797. The van der Waals surface area contributed by atoms with E-state index in [0.717, 1.165) is 11.6 Å². The summed E-state index contributed by atoms with van der Waals surface area (Å²) in [5.41, 5.74) is 0.642. The van der Waals surface area contributed by atoms with Gasteiger partial charge in [0, 0.05) is 17.7 Å². The van der Waals surface area contributed by atoms with E-state index in [1.807, 2.05) is 6.07 Å². The van der Waals surface area contributed by atoms with Crippen LogP contribution in [0.25, 0.3) is 6.08 Å². The van der Waals surface area contributed by atoms with Crippen molar-refractivity contribution in [3.8, 4) is 23.3 Å². The van der Waals surface area contributed by atoms with Crippen LogP contribution in [0.1, 0.15) is 11.1 Å². The molecule has 0 aliphatic rings. The molecule has 1 amide bonds. The van der Waals surface area contributed by atoms with E-state index in [1.54, 1.807) is 36.4 Å². The summed E-state index contributed by atoms with van der Waals surface area (Å²) in [5.74, 6) is 0.0641. The molecule has 9 nitrogen and oxygen atoms in total. The number of nitrogens with one attached hydrogen (secondary N) is 1. The van der Waals surface area contributed by atoms with Crippen LogP contribution in [-0.4, -0.2) is 25.1 Å². The van der Waals surface area contributed by atoms with Crippen molar-refractivity contribution in [3.63, 3.8) is 0 Å². The van der Waals surface area contributed by atoms with Gasteiger partial charge in [-0.15, -0.1) is 0 Å². The van der Waals surface area contributed by atoms with E-state index in [0.29, 0.717) is 27.1 Å². The van der Waals surface area contributed by atoms with Gasteiger partial charge in [0.15, 0.2) is 11.5 Å². The molecule has 36 heavy (non-hydrogen) atoms. The average molecular weight is 528 g/mol. The molecule has 0 saturated carbocycles. The largest absolute Gasteiger partial charge is 0.495 e. The maximum Gasteiger partial charge on any atom is 0.271 e. The minimum Gasteiger partial charge on any atom is -0.495 e. The first-order valence-electron chi connectivity index (χ1n) is 10.3. The lowest BCUT2D eigenvalue weighted by Crippen LogP contribution is -2.14. The molecule has 0 aromatic heterocycles. The number of carbonyl (C=O) groups is 1. The number of halogens is 2. The first kappa shape index (κ1) is 26.3. The second kappa shape index (κ2) is 11.9. The number of benzene rings is 3. The molecule has 11 heteroatoms. The molecule has 0 aliphatic heterocycles. The SMILES string of the molecule is COc1ccc([N+](=O)[O-])cc1NC(=O)/C(C#N)=C/c1cccc(OC)c1OCc1ccc(Cl)c(Cl)c1. The third-order valence-corrected chi connectivity index (χ3v) is 5.64. The van der Waals surface area contributed by atoms with Crippen LogP contribution < -0.4 is 19.5 Å². The van der Waals surface area contributed by atoms with Crippen molar-refractivity contribution >= 4 is 46.6 Å². The molecule has 0 heterocycles. The van der Waals surface area contributed by atoms with Crippen molar-refractivity contribution < 1.29 is 23.9 Å². The molecule has 0 radical (unpaired) electrons. The summed E-state index contributed by atoms with van der Waals surface area (Å²) in [4.78, 5) is 23.4. The van der Waals surface area contributed by atoms with Crippen molar-refractivity contribution in [1.29, 1.82) is 5.26 Å². The molecule has 0 fully saturated rings. The average Bonchev–Trinajstić information content (AvgIpc) is 2.87. The van der Waals surface area contributed by atoms with Crippen LogP contribution in [0.15, 0.2) is 60.2 Å². The highest BCUT2D eigenvalue weighted by atomic mass is 35.5. The van der Waals surface area contributed by atoms with E-state index >= 15 is 0 Å². The number of hydrogen-bond acceptors (Lipinski definition) is 7. The number of carbonyl (C=O) groups excluding carboxylic acids is 1. The van der Waals surface area contributed by atoms with Gasteiger partial charge in [-0.3, -0.25) is 14.9 Å². The lowest BCUT2D eigenvalue weighted by Gasteiger charge is -2.14. The summed E-state index contributed by atoms with van der Waals surface area (Å²) >= 11 is 12.0. The Morgan fingerprint density at radius 2 is 1.83 bits per heavy atom. The maximum atomic E-state index is 12.9. The monoisotopic (exact) mass is 527 g/mol. The Bertz CT molecular complexity index is 1380. The number of rotatable bonds is 9. The Balaban J connectivity index is 1.92. The summed E-state index contributed by atoms with van der Waals surface area (Å²) in [6.07, 6.45) is 1.33. The highest BCUT2D eigenvalue weighted by Crippen LogP contribution is 2.34. The highest BCUT2D eigenvalue weighted by Gasteiger charge is 2.18. The highest BCUT2D eigenvalue weighted by molar-refractivity contribution is 6.42. The lowest BCUT2D eigenvalue weighted by molar-refractivity contribution is -0.384. The van der Waals surface area contributed by atoms with Crippen LogP contribution in [0.4, 0.5) is 11.4 Å². The van der Waals surface area contributed by atoms with Gasteiger partial charge in [0.05, 0.1) is 34.9 Å². The number of methoxy groups -OCH3 is 2. The fourth-order valence-electron chi connectivity index (χ4n) is 3.15. The van der Waals surface area contributed by atoms with Crippen LogP contribution in [0.5, 0.6) is 17.2 Å². The third kappa shape index (κ3) is 6.24. The van der Waals surface area contributed by atoms with Crippen molar-refractivity contribution in [2.75, 3.05) is 19.5 Å². The van der Waals surface area contributed by atoms with Gasteiger partial charge in [0.2, 0.25) is 0 Å². The zero-order chi connectivity index (χ0) is 26.2. The van der Waals surface area contributed by atoms with Gasteiger partial charge in [-0.1, -0.05) is 41.4 Å². The topological polar surface area (TPSA) is 124 Å². The van der Waals surface area contributed by atoms with E-state index in [1.165, 1.54) is 32.4 Å². The Morgan fingerprint density at radius 3 is 2.47 bits per heavy atom. The minimum absolute atomic E-state index is 0.0413. The quantitative estimate of drug-likeness (QED) is 0.155. The second-order valence-corrected chi connectivity index (χ2v) is 8.00. The Labute approximate surface area is 216 Å². The first-order valence-corrected chi connectivity index (χ1v) is 11.0. The number of nitriles is 1. The van der Waals surface area contributed by atoms with E-state index in [9.17, 15) is 20.2 Å². The second-order valence-electron chi connectivity index (χ2n) is 7.18. The van der Waals surface area contributed by atoms with Gasteiger partial charge in [-0.25, -0.2) is 0 Å². The van der Waals surface area contributed by atoms with Crippen LogP contribution in [-0.2, 0) is 11.4 Å². The van der Waals surface area contributed by atoms with E-state index in [-0.39, 0.29) is 29.3 Å². The molecule has 0 bridgehead atoms. The van der Waals surface area contributed by atoms with Crippen LogP contribution in [0.2, 0.25) is 10.0 Å². The van der Waals surface area contributed by atoms with Crippen molar-refractivity contribution in [2.45, 2.75) is 6.61 Å². The third-order valence-electron chi connectivity index (χ3n) is 4.90. The number of hydrogen-bond donors (Lipinski definition) is 1. The number of ether oxygens (including phenoxy) is 3. The van der Waals surface area contributed by atoms with E-state index in [2.05, 4.69) is 5.32 Å². The number of nitrogens with zero attached hydrogens (tertiary/aromatic N) is 2. The number of non-ortho nitro benzene ring substituents is 1. The maximum absolute atomic E-state index is 12.9. The summed E-state index contributed by atoms with van der Waals surface area (Å²) in [6.45, 7) is 0.108. The van der Waals surface area contributed by atoms with E-state index in [4.69, 9.17) is 37.4 Å². The van der Waals surface area contributed by atoms with Crippen LogP contribution in [0.3, 0.4) is 0 Å². The summed E-state index contributed by atoms with van der Waals surface area (Å²) in [7, 11) is 2.81. The molecule has 184 valence electrons. The van der Waals surface area contributed by atoms with Gasteiger partial charge in [0.1, 0.15) is 24.0 Å². The van der Waals surface area contributed by atoms with Crippen molar-refractivity contribution in [2.24, 2.45) is 0 Å². The molecule has 0 saturated heterocycles. The smallest absolute Gasteiger partial charge is 0.271 e.